The van der Waals surface area contributed by atoms with Gasteiger partial charge in [-0.2, -0.15) is 0 Å². The summed E-state index contributed by atoms with van der Waals surface area (Å²) in [6.07, 6.45) is 2.42. The van der Waals surface area contributed by atoms with Crippen LogP contribution in [0.1, 0.15) is 35.8 Å². The lowest BCUT2D eigenvalue weighted by Gasteiger charge is -2.29. The first-order valence-corrected chi connectivity index (χ1v) is 9.20. The van der Waals surface area contributed by atoms with Gasteiger partial charge in [-0.05, 0) is 50.0 Å². The Morgan fingerprint density at radius 2 is 2.21 bits per heavy atom. The molecule has 0 saturated carbocycles. The Kier molecular flexibility index (Phi) is 5.48. The number of halogens is 2. The molecule has 1 aromatic heterocycles. The second-order valence-electron chi connectivity index (χ2n) is 6.18. The highest BCUT2D eigenvalue weighted by atomic mass is 35.5. The molecule has 1 saturated heterocycles. The van der Waals surface area contributed by atoms with Gasteiger partial charge in [-0.25, -0.2) is 9.37 Å². The van der Waals surface area contributed by atoms with Crippen molar-refractivity contribution in [1.29, 1.82) is 0 Å². The average molecular weight is 368 g/mol. The first-order chi connectivity index (χ1) is 11.5. The highest BCUT2D eigenvalue weighted by Crippen LogP contribution is 2.22. The number of likely N-dealkylation sites (tertiary alicyclic amines) is 1. The van der Waals surface area contributed by atoms with Gasteiger partial charge in [-0.1, -0.05) is 18.5 Å². The molecule has 0 aliphatic carbocycles. The van der Waals surface area contributed by atoms with Crippen molar-refractivity contribution in [2.75, 3.05) is 18.4 Å². The summed E-state index contributed by atoms with van der Waals surface area (Å²) in [5, 5.41) is 5.37. The van der Waals surface area contributed by atoms with Crippen molar-refractivity contribution in [3.63, 3.8) is 0 Å². The van der Waals surface area contributed by atoms with Gasteiger partial charge >= 0.3 is 0 Å². The predicted molar refractivity (Wildman–Crippen MR) is 95.2 cm³/mol. The second kappa shape index (κ2) is 7.59. The molecule has 4 nitrogen and oxygen atoms in total. The van der Waals surface area contributed by atoms with E-state index in [0.717, 1.165) is 31.2 Å². The number of carbonyl (C=O) groups is 1. The Bertz CT molecular complexity index is 728. The third-order valence-corrected chi connectivity index (χ3v) is 5.25. The summed E-state index contributed by atoms with van der Waals surface area (Å²) in [6, 6.07) is 3.91. The molecule has 1 aliphatic rings. The monoisotopic (exact) mass is 367 g/mol. The lowest BCUT2D eigenvalue weighted by atomic mass is 9.99. The predicted octanol–water partition coefficient (Wildman–Crippen LogP) is 4.42. The van der Waals surface area contributed by atoms with Crippen LogP contribution in [0.2, 0.25) is 5.02 Å². The number of nitrogens with one attached hydrogen (secondary N) is 1. The molecular formula is C17H19ClFN3OS. The summed E-state index contributed by atoms with van der Waals surface area (Å²) in [6.45, 7) is 5.22. The van der Waals surface area contributed by atoms with Crippen LogP contribution in [0.3, 0.4) is 0 Å². The third kappa shape index (κ3) is 4.32. The summed E-state index contributed by atoms with van der Waals surface area (Å²) in [4.78, 5) is 19.0. The van der Waals surface area contributed by atoms with Gasteiger partial charge in [0.05, 0.1) is 11.3 Å². The fourth-order valence-electron chi connectivity index (χ4n) is 2.72. The molecule has 0 spiro atoms. The van der Waals surface area contributed by atoms with E-state index < -0.39 is 11.7 Å². The van der Waals surface area contributed by atoms with Crippen molar-refractivity contribution in [3.8, 4) is 0 Å². The van der Waals surface area contributed by atoms with E-state index in [-0.39, 0.29) is 5.56 Å². The van der Waals surface area contributed by atoms with E-state index in [9.17, 15) is 9.18 Å². The summed E-state index contributed by atoms with van der Waals surface area (Å²) >= 11 is 7.17. The molecule has 1 amide bonds. The van der Waals surface area contributed by atoms with Gasteiger partial charge in [-0.3, -0.25) is 15.0 Å². The zero-order valence-corrected chi connectivity index (χ0v) is 15.0. The van der Waals surface area contributed by atoms with E-state index >= 15 is 0 Å². The Morgan fingerprint density at radius 1 is 1.46 bits per heavy atom. The molecule has 24 heavy (non-hydrogen) atoms. The van der Waals surface area contributed by atoms with E-state index in [4.69, 9.17) is 11.6 Å². The van der Waals surface area contributed by atoms with Gasteiger partial charge in [0.2, 0.25) is 0 Å². The molecule has 128 valence electrons. The van der Waals surface area contributed by atoms with Crippen LogP contribution in [0, 0.1) is 11.7 Å². The van der Waals surface area contributed by atoms with Gasteiger partial charge in [-0.15, -0.1) is 11.3 Å². The fraction of sp³-hybridized carbons (Fsp3) is 0.412. The van der Waals surface area contributed by atoms with Crippen LogP contribution in [0.25, 0.3) is 0 Å². The van der Waals surface area contributed by atoms with Crippen LogP contribution in [0.15, 0.2) is 23.6 Å². The molecule has 0 atom stereocenters. The molecule has 1 fully saturated rings. The van der Waals surface area contributed by atoms with Crippen molar-refractivity contribution in [3.05, 3.63) is 45.7 Å². The third-order valence-electron chi connectivity index (χ3n) is 4.21. The Hall–Kier alpha value is -1.50. The number of benzene rings is 1. The Balaban J connectivity index is 1.61. The van der Waals surface area contributed by atoms with Crippen molar-refractivity contribution in [2.45, 2.75) is 26.3 Å². The summed E-state index contributed by atoms with van der Waals surface area (Å²) in [5.74, 6) is -0.349. The smallest absolute Gasteiger partial charge is 0.260 e. The summed E-state index contributed by atoms with van der Waals surface area (Å²) in [7, 11) is 0. The molecule has 1 N–H and O–H groups in total. The number of amides is 1. The van der Waals surface area contributed by atoms with Crippen molar-refractivity contribution >= 4 is 34.0 Å². The van der Waals surface area contributed by atoms with Crippen LogP contribution in [-0.4, -0.2) is 28.9 Å². The molecule has 1 aromatic carbocycles. The maximum Gasteiger partial charge on any atom is 0.260 e. The number of carbonyl (C=O) groups excluding carboxylic acids is 1. The molecule has 0 radical (unpaired) electrons. The minimum atomic E-state index is -0.601. The van der Waals surface area contributed by atoms with E-state index in [1.54, 1.807) is 0 Å². The number of nitrogens with zero attached hydrogens (tertiary/aromatic N) is 2. The van der Waals surface area contributed by atoms with Gasteiger partial charge in [0.1, 0.15) is 5.82 Å². The quantitative estimate of drug-likeness (QED) is 0.870. The van der Waals surface area contributed by atoms with Gasteiger partial charge in [0.15, 0.2) is 5.13 Å². The SMILES string of the molecule is CC1CCN(Cc2csc(NC(=O)c3cc(Cl)ccc3F)n2)CC1. The molecule has 3 rings (SSSR count). The molecule has 1 aliphatic heterocycles. The maximum atomic E-state index is 13.7. The average Bonchev–Trinajstić information content (AvgIpc) is 2.99. The second-order valence-corrected chi connectivity index (χ2v) is 7.48. The normalized spacial score (nSPS) is 16.3. The van der Waals surface area contributed by atoms with E-state index in [0.29, 0.717) is 10.2 Å². The first kappa shape index (κ1) is 17.3. The molecule has 2 aromatic rings. The van der Waals surface area contributed by atoms with E-state index in [1.807, 2.05) is 5.38 Å². The molecule has 2 heterocycles. The zero-order chi connectivity index (χ0) is 17.1. The van der Waals surface area contributed by atoms with Crippen LogP contribution in [0.4, 0.5) is 9.52 Å². The fourth-order valence-corrected chi connectivity index (χ4v) is 3.59. The number of piperidine rings is 1. The van der Waals surface area contributed by atoms with Crippen molar-refractivity contribution in [2.24, 2.45) is 5.92 Å². The largest absolute Gasteiger partial charge is 0.298 e. The standard InChI is InChI=1S/C17H19ClFN3OS/c1-11-4-6-22(7-5-11)9-13-10-24-17(20-13)21-16(23)14-8-12(18)2-3-15(14)19/h2-3,8,10-11H,4-7,9H2,1H3,(H,20,21,23). The van der Waals surface area contributed by atoms with Crippen LogP contribution >= 0.6 is 22.9 Å². The maximum absolute atomic E-state index is 13.7. The topological polar surface area (TPSA) is 45.2 Å². The van der Waals surface area contributed by atoms with Crippen molar-refractivity contribution in [1.82, 2.24) is 9.88 Å². The van der Waals surface area contributed by atoms with Crippen LogP contribution in [-0.2, 0) is 6.54 Å². The molecular weight excluding hydrogens is 349 g/mol. The van der Waals surface area contributed by atoms with E-state index in [2.05, 4.69) is 22.1 Å². The lowest BCUT2D eigenvalue weighted by Crippen LogP contribution is -2.32. The highest BCUT2D eigenvalue weighted by molar-refractivity contribution is 7.14. The van der Waals surface area contributed by atoms with Crippen molar-refractivity contribution < 1.29 is 9.18 Å². The van der Waals surface area contributed by atoms with Gasteiger partial charge in [0, 0.05) is 16.9 Å². The number of hydrogen-bond acceptors (Lipinski definition) is 4. The molecule has 7 heteroatoms. The number of rotatable bonds is 4. The van der Waals surface area contributed by atoms with Gasteiger partial charge < -0.3 is 0 Å². The van der Waals surface area contributed by atoms with Crippen LogP contribution in [0.5, 0.6) is 0 Å². The Labute approximate surface area is 149 Å². The minimum Gasteiger partial charge on any atom is -0.298 e. The number of hydrogen-bond donors (Lipinski definition) is 1. The Morgan fingerprint density at radius 3 is 2.96 bits per heavy atom. The van der Waals surface area contributed by atoms with Crippen LogP contribution < -0.4 is 5.32 Å². The highest BCUT2D eigenvalue weighted by Gasteiger charge is 2.18. The molecule has 0 unspecified atom stereocenters. The zero-order valence-electron chi connectivity index (χ0n) is 13.4. The summed E-state index contributed by atoms with van der Waals surface area (Å²) in [5.41, 5.74) is 0.848. The number of aromatic nitrogens is 1. The van der Waals surface area contributed by atoms with Gasteiger partial charge in [0.25, 0.3) is 5.91 Å². The summed E-state index contributed by atoms with van der Waals surface area (Å²) < 4.78 is 13.7. The number of anilines is 1. The molecule has 0 bridgehead atoms. The first-order valence-electron chi connectivity index (χ1n) is 7.94. The van der Waals surface area contributed by atoms with E-state index in [1.165, 1.54) is 42.4 Å². The number of thiazole rings is 1. The minimum absolute atomic E-state index is 0.0794. The lowest BCUT2D eigenvalue weighted by molar-refractivity contribution is 0.102.